The van der Waals surface area contributed by atoms with Crippen LogP contribution in [0.25, 0.3) is 10.9 Å². The molecule has 27 heavy (non-hydrogen) atoms. The van der Waals surface area contributed by atoms with E-state index in [0.29, 0.717) is 47.3 Å². The number of nitrogens with two attached hydrogens (primary N) is 1. The number of aromatic nitrogens is 2. The van der Waals surface area contributed by atoms with Crippen LogP contribution < -0.4 is 16.6 Å². The number of amides is 3. The van der Waals surface area contributed by atoms with Gasteiger partial charge in [-0.15, -0.1) is 0 Å². The summed E-state index contributed by atoms with van der Waals surface area (Å²) in [5.74, 6) is -0.561. The highest BCUT2D eigenvalue weighted by Gasteiger charge is 2.20. The molecule has 1 aromatic carbocycles. The Balaban J connectivity index is 2.39. The van der Waals surface area contributed by atoms with Crippen molar-refractivity contribution < 1.29 is 14.3 Å². The predicted octanol–water partition coefficient (Wildman–Crippen LogP) is 2.15. The fourth-order valence-electron chi connectivity index (χ4n) is 2.36. The van der Waals surface area contributed by atoms with Crippen molar-refractivity contribution in [1.82, 2.24) is 14.9 Å². The normalized spacial score (nSPS) is 12.1. The van der Waals surface area contributed by atoms with Crippen LogP contribution in [0.2, 0.25) is 5.02 Å². The van der Waals surface area contributed by atoms with E-state index in [-0.39, 0.29) is 5.56 Å². The van der Waals surface area contributed by atoms with E-state index in [1.165, 1.54) is 4.57 Å². The molecule has 0 saturated heterocycles. The van der Waals surface area contributed by atoms with Gasteiger partial charge >= 0.3 is 6.03 Å². The van der Waals surface area contributed by atoms with Gasteiger partial charge in [0, 0.05) is 24.8 Å². The van der Waals surface area contributed by atoms with Gasteiger partial charge in [-0.25, -0.2) is 9.78 Å². The van der Waals surface area contributed by atoms with E-state index in [1.807, 2.05) is 12.2 Å². The quantitative estimate of drug-likeness (QED) is 0.390. The van der Waals surface area contributed by atoms with Gasteiger partial charge in [-0.2, -0.15) is 0 Å². The second-order valence-corrected chi connectivity index (χ2v) is 7.42. The van der Waals surface area contributed by atoms with Crippen LogP contribution in [0.4, 0.5) is 4.79 Å². The van der Waals surface area contributed by atoms with Crippen LogP contribution >= 0.6 is 23.4 Å². The molecule has 0 bridgehead atoms. The second kappa shape index (κ2) is 9.72. The monoisotopic (exact) mass is 412 g/mol. The summed E-state index contributed by atoms with van der Waals surface area (Å²) >= 11 is 7.07. The van der Waals surface area contributed by atoms with Crippen molar-refractivity contribution in [3.05, 3.63) is 33.6 Å². The van der Waals surface area contributed by atoms with E-state index in [4.69, 9.17) is 22.1 Å². The third kappa shape index (κ3) is 5.69. The zero-order chi connectivity index (χ0) is 20.0. The van der Waals surface area contributed by atoms with Crippen LogP contribution in [-0.4, -0.2) is 40.0 Å². The number of primary amides is 1. The van der Waals surface area contributed by atoms with Crippen molar-refractivity contribution in [2.75, 3.05) is 13.2 Å². The van der Waals surface area contributed by atoms with Gasteiger partial charge < -0.3 is 10.5 Å². The van der Waals surface area contributed by atoms with Crippen LogP contribution in [-0.2, 0) is 16.1 Å². The summed E-state index contributed by atoms with van der Waals surface area (Å²) in [6.07, 6.45) is 0.615. The van der Waals surface area contributed by atoms with Gasteiger partial charge in [-0.05, 0) is 38.5 Å². The molecule has 3 N–H and O–H groups in total. The number of halogens is 1. The van der Waals surface area contributed by atoms with Crippen molar-refractivity contribution in [2.24, 2.45) is 5.73 Å². The van der Waals surface area contributed by atoms with Gasteiger partial charge in [0.15, 0.2) is 5.16 Å². The maximum Gasteiger partial charge on any atom is 0.318 e. The van der Waals surface area contributed by atoms with Gasteiger partial charge in [-0.1, -0.05) is 23.4 Å². The summed E-state index contributed by atoms with van der Waals surface area (Å²) in [5.41, 5.74) is 5.20. The zero-order valence-electron chi connectivity index (χ0n) is 15.0. The number of rotatable bonds is 8. The molecule has 0 aliphatic heterocycles. The second-order valence-electron chi connectivity index (χ2n) is 5.68. The van der Waals surface area contributed by atoms with Crippen molar-refractivity contribution in [3.63, 3.8) is 0 Å². The van der Waals surface area contributed by atoms with Gasteiger partial charge in [0.05, 0.1) is 16.2 Å². The minimum absolute atomic E-state index is 0.224. The van der Waals surface area contributed by atoms with Crippen LogP contribution in [0.5, 0.6) is 0 Å². The molecule has 2 aromatic rings. The highest BCUT2D eigenvalue weighted by atomic mass is 35.5. The van der Waals surface area contributed by atoms with Crippen LogP contribution in [0, 0.1) is 0 Å². The van der Waals surface area contributed by atoms with Gasteiger partial charge in [-0.3, -0.25) is 19.5 Å². The number of hydrogen-bond acceptors (Lipinski definition) is 6. The largest absolute Gasteiger partial charge is 0.382 e. The Morgan fingerprint density at radius 3 is 2.85 bits per heavy atom. The number of benzene rings is 1. The van der Waals surface area contributed by atoms with E-state index in [2.05, 4.69) is 4.98 Å². The van der Waals surface area contributed by atoms with E-state index in [0.717, 1.165) is 11.8 Å². The third-order valence-electron chi connectivity index (χ3n) is 3.65. The third-order valence-corrected chi connectivity index (χ3v) is 4.98. The summed E-state index contributed by atoms with van der Waals surface area (Å²) in [5, 5.41) is 2.60. The number of thioether (sulfide) groups is 1. The molecule has 0 radical (unpaired) electrons. The highest BCUT2D eigenvalue weighted by Crippen LogP contribution is 2.24. The lowest BCUT2D eigenvalue weighted by Gasteiger charge is -2.16. The number of imide groups is 1. The Bertz CT molecular complexity index is 902. The number of carbonyl (C=O) groups is 2. The number of ether oxygens (including phenoxy) is 1. The fourth-order valence-corrected chi connectivity index (χ4v) is 3.47. The number of urea groups is 1. The standard InChI is InChI=1S/C17H21ClN4O4S/c1-3-26-8-4-7-22-15(24)12-6-5-11(18)9-13(12)20-17(22)27-10(2)14(23)21-16(19)25/h5-6,9-10H,3-4,7-8H2,1-2H3,(H3,19,21,23,25)/t10-/m0/s1. The summed E-state index contributed by atoms with van der Waals surface area (Å²) < 4.78 is 6.83. The van der Waals surface area contributed by atoms with Gasteiger partial charge in [0.2, 0.25) is 5.91 Å². The van der Waals surface area contributed by atoms with Crippen LogP contribution in [0.1, 0.15) is 20.3 Å². The van der Waals surface area contributed by atoms with Gasteiger partial charge in [0.25, 0.3) is 5.56 Å². The molecule has 0 fully saturated rings. The molecule has 8 nitrogen and oxygen atoms in total. The van der Waals surface area contributed by atoms with E-state index >= 15 is 0 Å². The molecule has 0 saturated carbocycles. The van der Waals surface area contributed by atoms with Crippen molar-refractivity contribution >= 4 is 46.2 Å². The smallest absolute Gasteiger partial charge is 0.318 e. The van der Waals surface area contributed by atoms with Gasteiger partial charge in [0.1, 0.15) is 0 Å². The van der Waals surface area contributed by atoms with Crippen molar-refractivity contribution in [2.45, 2.75) is 37.2 Å². The first-order chi connectivity index (χ1) is 12.8. The molecule has 0 aliphatic carbocycles. The first kappa shape index (κ1) is 21.2. The van der Waals surface area contributed by atoms with Crippen LogP contribution in [0.15, 0.2) is 28.2 Å². The Kier molecular flexibility index (Phi) is 7.64. The fraction of sp³-hybridized carbons (Fsp3) is 0.412. The lowest BCUT2D eigenvalue weighted by Crippen LogP contribution is -2.39. The molecule has 2 rings (SSSR count). The Hall–Kier alpha value is -2.10. The molecule has 10 heteroatoms. The molecule has 0 aliphatic rings. The number of carbonyl (C=O) groups excluding carboxylic acids is 2. The average Bonchev–Trinajstić information content (AvgIpc) is 2.59. The van der Waals surface area contributed by atoms with Crippen LogP contribution in [0.3, 0.4) is 0 Å². The van der Waals surface area contributed by atoms with E-state index in [1.54, 1.807) is 25.1 Å². The molecular weight excluding hydrogens is 392 g/mol. The predicted molar refractivity (Wildman–Crippen MR) is 105 cm³/mol. The maximum absolute atomic E-state index is 12.9. The molecule has 0 spiro atoms. The first-order valence-corrected chi connectivity index (χ1v) is 9.64. The van der Waals surface area contributed by atoms with E-state index in [9.17, 15) is 14.4 Å². The maximum atomic E-state index is 12.9. The topological polar surface area (TPSA) is 116 Å². The SMILES string of the molecule is CCOCCCn1c(S[C@@H](C)C(=O)NC(N)=O)nc2cc(Cl)ccc2c1=O. The van der Waals surface area contributed by atoms with E-state index < -0.39 is 17.2 Å². The summed E-state index contributed by atoms with van der Waals surface area (Å²) in [6, 6.07) is 3.93. The number of fused-ring (bicyclic) bond motifs is 1. The Morgan fingerprint density at radius 1 is 1.44 bits per heavy atom. The minimum atomic E-state index is -0.931. The number of nitrogens with zero attached hydrogens (tertiary/aromatic N) is 2. The molecule has 0 unspecified atom stereocenters. The lowest BCUT2D eigenvalue weighted by molar-refractivity contribution is -0.119. The first-order valence-electron chi connectivity index (χ1n) is 8.38. The summed E-state index contributed by atoms with van der Waals surface area (Å²) in [7, 11) is 0. The summed E-state index contributed by atoms with van der Waals surface area (Å²) in [4.78, 5) is 40.3. The number of hydrogen-bond donors (Lipinski definition) is 2. The number of nitrogens with one attached hydrogen (secondary N) is 1. The lowest BCUT2D eigenvalue weighted by atomic mass is 10.2. The molecular formula is C17H21ClN4O4S. The Labute approximate surface area is 165 Å². The van der Waals surface area contributed by atoms with Crippen molar-refractivity contribution in [3.8, 4) is 0 Å². The van der Waals surface area contributed by atoms with Crippen molar-refractivity contribution in [1.29, 1.82) is 0 Å². The average molecular weight is 413 g/mol. The molecule has 1 atom stereocenters. The molecule has 1 heterocycles. The molecule has 1 aromatic heterocycles. The minimum Gasteiger partial charge on any atom is -0.382 e. The molecule has 3 amide bonds. The summed E-state index contributed by atoms with van der Waals surface area (Å²) in [6.45, 7) is 4.98. The zero-order valence-corrected chi connectivity index (χ0v) is 16.6. The Morgan fingerprint density at radius 2 is 2.19 bits per heavy atom. The molecule has 146 valence electrons. The highest BCUT2D eigenvalue weighted by molar-refractivity contribution is 8.00.